The maximum Gasteiger partial charge on any atom is 0.228 e. The molecule has 2 aromatic carbocycles. The van der Waals surface area contributed by atoms with Gasteiger partial charge in [-0.25, -0.2) is 9.37 Å². The van der Waals surface area contributed by atoms with Gasteiger partial charge in [-0.2, -0.15) is 0 Å². The van der Waals surface area contributed by atoms with Gasteiger partial charge in [0.15, 0.2) is 0 Å². The summed E-state index contributed by atoms with van der Waals surface area (Å²) >= 11 is 0. The third kappa shape index (κ3) is 2.80. The molecule has 0 radical (unpaired) electrons. The Morgan fingerprint density at radius 2 is 1.96 bits per heavy atom. The van der Waals surface area contributed by atoms with Crippen LogP contribution in [0.2, 0.25) is 0 Å². The topological polar surface area (TPSA) is 46.9 Å². The first-order chi connectivity index (χ1) is 11.7. The standard InChI is InChI=1S/C19H16FN3O/c20-14-7-5-13(6-8-14)15-11-16(15)19(24)22-17-3-1-2-4-18(17)23-10-9-21-12-23/h1-10,12,15-16H,11H2,(H,22,24)/t15-,16+/m1/s1. The Hall–Kier alpha value is -2.95. The van der Waals surface area contributed by atoms with Gasteiger partial charge in [0.2, 0.25) is 5.91 Å². The van der Waals surface area contributed by atoms with E-state index in [0.717, 1.165) is 23.4 Å². The maximum atomic E-state index is 13.0. The van der Waals surface area contributed by atoms with Gasteiger partial charge in [-0.3, -0.25) is 4.79 Å². The van der Waals surface area contributed by atoms with E-state index in [0.29, 0.717) is 0 Å². The molecule has 4 rings (SSSR count). The zero-order valence-corrected chi connectivity index (χ0v) is 12.9. The zero-order chi connectivity index (χ0) is 16.5. The molecule has 120 valence electrons. The summed E-state index contributed by atoms with van der Waals surface area (Å²) in [5.41, 5.74) is 2.65. The Morgan fingerprint density at radius 3 is 2.71 bits per heavy atom. The van der Waals surface area contributed by atoms with Crippen molar-refractivity contribution in [2.24, 2.45) is 5.92 Å². The average Bonchev–Trinajstić information content (AvgIpc) is 3.21. The fourth-order valence-electron chi connectivity index (χ4n) is 2.99. The van der Waals surface area contributed by atoms with Crippen molar-refractivity contribution in [3.05, 3.63) is 78.6 Å². The predicted molar refractivity (Wildman–Crippen MR) is 89.4 cm³/mol. The minimum Gasteiger partial charge on any atom is -0.324 e. The molecular weight excluding hydrogens is 305 g/mol. The minimum atomic E-state index is -0.255. The van der Waals surface area contributed by atoms with Gasteiger partial charge in [-0.05, 0) is 42.2 Å². The van der Waals surface area contributed by atoms with Crippen LogP contribution in [-0.2, 0) is 4.79 Å². The quantitative estimate of drug-likeness (QED) is 0.795. The lowest BCUT2D eigenvalue weighted by molar-refractivity contribution is -0.117. The third-order valence-corrected chi connectivity index (χ3v) is 4.37. The van der Waals surface area contributed by atoms with Crippen LogP contribution in [0.3, 0.4) is 0 Å². The van der Waals surface area contributed by atoms with Gasteiger partial charge in [0.05, 0.1) is 17.7 Å². The van der Waals surface area contributed by atoms with Crippen molar-refractivity contribution in [3.63, 3.8) is 0 Å². The van der Waals surface area contributed by atoms with Gasteiger partial charge in [0.25, 0.3) is 0 Å². The van der Waals surface area contributed by atoms with E-state index in [4.69, 9.17) is 0 Å². The highest BCUT2D eigenvalue weighted by Crippen LogP contribution is 2.48. The van der Waals surface area contributed by atoms with Crippen LogP contribution in [-0.4, -0.2) is 15.5 Å². The van der Waals surface area contributed by atoms with E-state index in [1.165, 1.54) is 12.1 Å². The van der Waals surface area contributed by atoms with E-state index in [1.54, 1.807) is 24.7 Å². The van der Waals surface area contributed by atoms with Crippen LogP contribution in [0.5, 0.6) is 0 Å². The molecule has 1 N–H and O–H groups in total. The Labute approximate surface area is 139 Å². The number of amides is 1. The number of nitrogens with one attached hydrogen (secondary N) is 1. The van der Waals surface area contributed by atoms with Crippen molar-refractivity contribution >= 4 is 11.6 Å². The number of hydrogen-bond acceptors (Lipinski definition) is 2. The number of imidazole rings is 1. The van der Waals surface area contributed by atoms with Gasteiger partial charge < -0.3 is 9.88 Å². The number of halogens is 1. The maximum absolute atomic E-state index is 13.0. The number of para-hydroxylation sites is 2. The van der Waals surface area contributed by atoms with Gasteiger partial charge in [0, 0.05) is 18.3 Å². The van der Waals surface area contributed by atoms with Crippen LogP contribution in [0.4, 0.5) is 10.1 Å². The van der Waals surface area contributed by atoms with E-state index in [1.807, 2.05) is 35.0 Å². The molecule has 24 heavy (non-hydrogen) atoms. The average molecular weight is 321 g/mol. The highest BCUT2D eigenvalue weighted by atomic mass is 19.1. The molecule has 1 heterocycles. The summed E-state index contributed by atoms with van der Waals surface area (Å²) in [5, 5.41) is 3.01. The first kappa shape index (κ1) is 14.6. The molecule has 3 aromatic rings. The number of anilines is 1. The SMILES string of the molecule is O=C(Nc1ccccc1-n1ccnc1)[C@H]1C[C@@H]1c1ccc(F)cc1. The molecule has 2 atom stereocenters. The molecule has 0 spiro atoms. The van der Waals surface area contributed by atoms with Crippen LogP contribution in [0.15, 0.2) is 67.3 Å². The van der Waals surface area contributed by atoms with Crippen LogP contribution >= 0.6 is 0 Å². The van der Waals surface area contributed by atoms with Crippen molar-refractivity contribution < 1.29 is 9.18 Å². The summed E-state index contributed by atoms with van der Waals surface area (Å²) in [7, 11) is 0. The predicted octanol–water partition coefficient (Wildman–Crippen LogP) is 3.75. The number of carbonyl (C=O) groups is 1. The summed E-state index contributed by atoms with van der Waals surface area (Å²) in [5.74, 6) is -0.149. The molecule has 0 bridgehead atoms. The monoisotopic (exact) mass is 321 g/mol. The van der Waals surface area contributed by atoms with Gasteiger partial charge in [-0.1, -0.05) is 24.3 Å². The molecular formula is C19H16FN3O. The van der Waals surface area contributed by atoms with Crippen molar-refractivity contribution in [3.8, 4) is 5.69 Å². The summed E-state index contributed by atoms with van der Waals surface area (Å²) in [6, 6.07) is 14.0. The molecule has 5 heteroatoms. The van der Waals surface area contributed by atoms with Gasteiger partial charge in [-0.15, -0.1) is 0 Å². The van der Waals surface area contributed by atoms with Gasteiger partial charge in [0.1, 0.15) is 5.82 Å². The summed E-state index contributed by atoms with van der Waals surface area (Å²) in [6.07, 6.45) is 6.03. The molecule has 0 aliphatic heterocycles. The lowest BCUT2D eigenvalue weighted by Gasteiger charge is -2.11. The first-order valence-electron chi connectivity index (χ1n) is 7.86. The molecule has 1 aromatic heterocycles. The molecule has 0 unspecified atom stereocenters. The van der Waals surface area contributed by atoms with Crippen molar-refractivity contribution in [1.29, 1.82) is 0 Å². The van der Waals surface area contributed by atoms with E-state index in [2.05, 4.69) is 10.3 Å². The summed E-state index contributed by atoms with van der Waals surface area (Å²) in [4.78, 5) is 16.6. The normalized spacial score (nSPS) is 19.0. The van der Waals surface area contributed by atoms with Crippen molar-refractivity contribution in [2.45, 2.75) is 12.3 Å². The lowest BCUT2D eigenvalue weighted by atomic mass is 10.1. The van der Waals surface area contributed by atoms with E-state index in [-0.39, 0.29) is 23.6 Å². The number of aromatic nitrogens is 2. The Kier molecular flexibility index (Phi) is 3.61. The minimum absolute atomic E-state index is 0.00288. The summed E-state index contributed by atoms with van der Waals surface area (Å²) < 4.78 is 14.9. The zero-order valence-electron chi connectivity index (χ0n) is 12.9. The second kappa shape index (κ2) is 5.92. The molecule has 0 saturated heterocycles. The Bertz CT molecular complexity index is 859. The first-order valence-corrected chi connectivity index (χ1v) is 7.86. The molecule has 1 aliphatic carbocycles. The molecule has 4 nitrogen and oxygen atoms in total. The largest absolute Gasteiger partial charge is 0.324 e. The molecule has 1 fully saturated rings. The number of rotatable bonds is 4. The number of hydrogen-bond donors (Lipinski definition) is 1. The molecule has 1 amide bonds. The van der Waals surface area contributed by atoms with E-state index < -0.39 is 0 Å². The smallest absolute Gasteiger partial charge is 0.228 e. The fourth-order valence-corrected chi connectivity index (χ4v) is 2.99. The van der Waals surface area contributed by atoms with E-state index >= 15 is 0 Å². The van der Waals surface area contributed by atoms with Crippen LogP contribution < -0.4 is 5.32 Å². The van der Waals surface area contributed by atoms with Crippen LogP contribution in [0, 0.1) is 11.7 Å². The second-order valence-corrected chi connectivity index (χ2v) is 5.98. The lowest BCUT2D eigenvalue weighted by Crippen LogP contribution is -2.16. The van der Waals surface area contributed by atoms with Crippen LogP contribution in [0.1, 0.15) is 17.9 Å². The fraction of sp³-hybridized carbons (Fsp3) is 0.158. The highest BCUT2D eigenvalue weighted by molar-refractivity contribution is 5.96. The number of nitrogens with zero attached hydrogens (tertiary/aromatic N) is 2. The van der Waals surface area contributed by atoms with Crippen LogP contribution in [0.25, 0.3) is 5.69 Å². The Morgan fingerprint density at radius 1 is 1.17 bits per heavy atom. The number of benzene rings is 2. The van der Waals surface area contributed by atoms with Crippen molar-refractivity contribution in [1.82, 2.24) is 9.55 Å². The highest BCUT2D eigenvalue weighted by Gasteiger charge is 2.44. The molecule has 1 saturated carbocycles. The second-order valence-electron chi connectivity index (χ2n) is 5.98. The number of carbonyl (C=O) groups excluding carboxylic acids is 1. The van der Waals surface area contributed by atoms with Gasteiger partial charge >= 0.3 is 0 Å². The van der Waals surface area contributed by atoms with Crippen molar-refractivity contribution in [2.75, 3.05) is 5.32 Å². The third-order valence-electron chi connectivity index (χ3n) is 4.37. The summed E-state index contributed by atoms with van der Waals surface area (Å²) in [6.45, 7) is 0. The molecule has 1 aliphatic rings. The van der Waals surface area contributed by atoms with E-state index in [9.17, 15) is 9.18 Å². The Balaban J connectivity index is 1.49.